The molecule has 0 spiro atoms. The number of hydrogen-bond acceptors (Lipinski definition) is 3. The minimum Gasteiger partial charge on any atom is -0.353 e. The van der Waals surface area contributed by atoms with E-state index in [9.17, 15) is 0 Å². The first-order valence-corrected chi connectivity index (χ1v) is 7.50. The molecule has 0 radical (unpaired) electrons. The fourth-order valence-corrected chi connectivity index (χ4v) is 3.08. The van der Waals surface area contributed by atoms with Crippen LogP contribution in [0.25, 0.3) is 10.1 Å². The Balaban J connectivity index is 1.60. The predicted octanol–water partition coefficient (Wildman–Crippen LogP) is 3.80. The molecule has 1 aliphatic heterocycles. The van der Waals surface area contributed by atoms with Gasteiger partial charge in [0, 0.05) is 27.6 Å². The van der Waals surface area contributed by atoms with Crippen molar-refractivity contribution < 1.29 is 9.47 Å². The molecule has 1 atom stereocenters. The molecule has 1 saturated heterocycles. The quantitative estimate of drug-likeness (QED) is 0.774. The highest BCUT2D eigenvalue weighted by Gasteiger charge is 2.12. The summed E-state index contributed by atoms with van der Waals surface area (Å²) in [5.41, 5.74) is 1.09. The Kier molecular flexibility index (Phi) is 4.14. The molecule has 0 N–H and O–H groups in total. The fourth-order valence-electron chi connectivity index (χ4n) is 2.18. The maximum atomic E-state index is 5.60. The zero-order valence-electron chi connectivity index (χ0n) is 10.7. The van der Waals surface area contributed by atoms with Crippen molar-refractivity contribution >= 4 is 21.4 Å². The molecule has 2 heterocycles. The van der Waals surface area contributed by atoms with Gasteiger partial charge in [0.1, 0.15) is 6.61 Å². The van der Waals surface area contributed by atoms with Crippen LogP contribution in [0.3, 0.4) is 0 Å². The number of ether oxygens (including phenoxy) is 2. The molecule has 2 aromatic rings. The van der Waals surface area contributed by atoms with Gasteiger partial charge in [0.2, 0.25) is 0 Å². The van der Waals surface area contributed by atoms with E-state index in [1.165, 1.54) is 16.5 Å². The zero-order chi connectivity index (χ0) is 12.9. The van der Waals surface area contributed by atoms with E-state index in [2.05, 4.69) is 35.4 Å². The zero-order valence-corrected chi connectivity index (χ0v) is 11.5. The summed E-state index contributed by atoms with van der Waals surface area (Å²) in [5, 5.41) is 3.34. The standard InChI is InChI=1S/C16H16O2S/c1-2-8-15-14(7-1)13(12-19-15)6-5-11-18-16-9-3-4-10-17-16/h1-2,7-8,12,16H,3-4,9-11H2. The molecule has 0 aliphatic carbocycles. The van der Waals surface area contributed by atoms with E-state index in [4.69, 9.17) is 9.47 Å². The third-order valence-electron chi connectivity index (χ3n) is 3.18. The Morgan fingerprint density at radius 1 is 1.32 bits per heavy atom. The van der Waals surface area contributed by atoms with Gasteiger partial charge >= 0.3 is 0 Å². The van der Waals surface area contributed by atoms with Crippen LogP contribution in [0, 0.1) is 11.8 Å². The van der Waals surface area contributed by atoms with Gasteiger partial charge in [-0.05, 0) is 25.3 Å². The second-order valence-corrected chi connectivity index (χ2v) is 5.47. The summed E-state index contributed by atoms with van der Waals surface area (Å²) in [6.07, 6.45) is 3.27. The number of thiophene rings is 1. The Morgan fingerprint density at radius 3 is 3.16 bits per heavy atom. The van der Waals surface area contributed by atoms with E-state index in [1.807, 2.05) is 6.07 Å². The molecule has 1 aliphatic rings. The number of benzene rings is 1. The fraction of sp³-hybridized carbons (Fsp3) is 0.375. The molecule has 3 rings (SSSR count). The van der Waals surface area contributed by atoms with Crippen LogP contribution in [-0.2, 0) is 9.47 Å². The third-order valence-corrected chi connectivity index (χ3v) is 4.15. The molecular weight excluding hydrogens is 256 g/mol. The predicted molar refractivity (Wildman–Crippen MR) is 78.2 cm³/mol. The van der Waals surface area contributed by atoms with Gasteiger partial charge in [-0.1, -0.05) is 30.0 Å². The number of hydrogen-bond donors (Lipinski definition) is 0. The lowest BCUT2D eigenvalue weighted by molar-refractivity contribution is -0.154. The maximum absolute atomic E-state index is 5.60. The van der Waals surface area contributed by atoms with Gasteiger partial charge in [-0.15, -0.1) is 11.3 Å². The highest BCUT2D eigenvalue weighted by molar-refractivity contribution is 7.17. The van der Waals surface area contributed by atoms with Gasteiger partial charge in [-0.25, -0.2) is 0 Å². The number of rotatable bonds is 2. The van der Waals surface area contributed by atoms with Crippen molar-refractivity contribution in [3.05, 3.63) is 35.2 Å². The van der Waals surface area contributed by atoms with Crippen molar-refractivity contribution in [1.82, 2.24) is 0 Å². The first-order valence-electron chi connectivity index (χ1n) is 6.62. The molecule has 19 heavy (non-hydrogen) atoms. The number of fused-ring (bicyclic) bond motifs is 1. The molecule has 1 aromatic carbocycles. The molecule has 2 nitrogen and oxygen atoms in total. The van der Waals surface area contributed by atoms with E-state index in [0.717, 1.165) is 25.0 Å². The molecule has 1 unspecified atom stereocenters. The van der Waals surface area contributed by atoms with E-state index in [-0.39, 0.29) is 6.29 Å². The first-order chi connectivity index (χ1) is 9.43. The molecular formula is C16H16O2S. The van der Waals surface area contributed by atoms with E-state index < -0.39 is 0 Å². The lowest BCUT2D eigenvalue weighted by Gasteiger charge is -2.21. The van der Waals surface area contributed by atoms with Gasteiger partial charge in [-0.3, -0.25) is 0 Å². The minimum atomic E-state index is -0.0535. The van der Waals surface area contributed by atoms with E-state index >= 15 is 0 Å². The second kappa shape index (κ2) is 6.21. The highest BCUT2D eigenvalue weighted by atomic mass is 32.1. The Morgan fingerprint density at radius 2 is 2.26 bits per heavy atom. The van der Waals surface area contributed by atoms with Crippen molar-refractivity contribution in [1.29, 1.82) is 0 Å². The van der Waals surface area contributed by atoms with Crippen LogP contribution in [0.15, 0.2) is 29.6 Å². The van der Waals surface area contributed by atoms with Crippen LogP contribution in [-0.4, -0.2) is 19.5 Å². The Bertz CT molecular complexity index is 600. The summed E-state index contributed by atoms with van der Waals surface area (Å²) in [6, 6.07) is 8.34. The summed E-state index contributed by atoms with van der Waals surface area (Å²) in [4.78, 5) is 0. The van der Waals surface area contributed by atoms with Crippen LogP contribution in [0.1, 0.15) is 24.8 Å². The topological polar surface area (TPSA) is 18.5 Å². The largest absolute Gasteiger partial charge is 0.353 e. The summed E-state index contributed by atoms with van der Waals surface area (Å²) in [5.74, 6) is 6.27. The lowest BCUT2D eigenvalue weighted by atomic mass is 10.2. The van der Waals surface area contributed by atoms with Crippen molar-refractivity contribution in [2.75, 3.05) is 13.2 Å². The monoisotopic (exact) mass is 272 g/mol. The summed E-state index contributed by atoms with van der Waals surface area (Å²) in [6.45, 7) is 1.25. The van der Waals surface area contributed by atoms with E-state index in [0.29, 0.717) is 6.61 Å². The Labute approximate surface area is 117 Å². The third kappa shape index (κ3) is 3.16. The van der Waals surface area contributed by atoms with Crippen molar-refractivity contribution in [2.45, 2.75) is 25.6 Å². The molecule has 1 fully saturated rings. The van der Waals surface area contributed by atoms with Crippen molar-refractivity contribution in [3.63, 3.8) is 0 Å². The highest BCUT2D eigenvalue weighted by Crippen LogP contribution is 2.24. The van der Waals surface area contributed by atoms with Gasteiger partial charge in [-0.2, -0.15) is 0 Å². The minimum absolute atomic E-state index is 0.0535. The van der Waals surface area contributed by atoms with Crippen LogP contribution in [0.2, 0.25) is 0 Å². The van der Waals surface area contributed by atoms with Gasteiger partial charge in [0.05, 0.1) is 0 Å². The molecule has 98 valence electrons. The van der Waals surface area contributed by atoms with Crippen LogP contribution < -0.4 is 0 Å². The summed E-state index contributed by atoms with van der Waals surface area (Å²) in [7, 11) is 0. The van der Waals surface area contributed by atoms with Crippen molar-refractivity contribution in [3.8, 4) is 11.8 Å². The average Bonchev–Trinajstić information content (AvgIpc) is 2.88. The molecule has 0 bridgehead atoms. The smallest absolute Gasteiger partial charge is 0.158 e. The SMILES string of the molecule is C(#Cc1csc2ccccc12)COC1CCCCO1. The first kappa shape index (κ1) is 12.7. The average molecular weight is 272 g/mol. The molecule has 0 saturated carbocycles. The van der Waals surface area contributed by atoms with Crippen LogP contribution in [0.4, 0.5) is 0 Å². The molecule has 1 aromatic heterocycles. The summed E-state index contributed by atoms with van der Waals surface area (Å²) >= 11 is 1.73. The van der Waals surface area contributed by atoms with Crippen molar-refractivity contribution in [2.24, 2.45) is 0 Å². The van der Waals surface area contributed by atoms with Gasteiger partial charge < -0.3 is 9.47 Å². The summed E-state index contributed by atoms with van der Waals surface area (Å²) < 4.78 is 12.4. The van der Waals surface area contributed by atoms with Gasteiger partial charge in [0.15, 0.2) is 6.29 Å². The molecule has 0 amide bonds. The Hall–Kier alpha value is -1.34. The normalized spacial score (nSPS) is 19.1. The second-order valence-electron chi connectivity index (χ2n) is 4.55. The molecule has 3 heteroatoms. The van der Waals surface area contributed by atoms with E-state index in [1.54, 1.807) is 11.3 Å². The lowest BCUT2D eigenvalue weighted by Crippen LogP contribution is -2.22. The van der Waals surface area contributed by atoms with Crippen LogP contribution >= 0.6 is 11.3 Å². The van der Waals surface area contributed by atoms with Crippen LogP contribution in [0.5, 0.6) is 0 Å². The maximum Gasteiger partial charge on any atom is 0.158 e. The van der Waals surface area contributed by atoms with Gasteiger partial charge in [0.25, 0.3) is 0 Å².